The number of aromatic nitrogens is 1. The summed E-state index contributed by atoms with van der Waals surface area (Å²) in [5.74, 6) is -1.69. The zero-order valence-corrected chi connectivity index (χ0v) is 23.2. The molecule has 2 aromatic carbocycles. The molecule has 3 amide bonds. The molecule has 0 radical (unpaired) electrons. The van der Waals surface area contributed by atoms with Crippen LogP contribution in [0.3, 0.4) is 0 Å². The van der Waals surface area contributed by atoms with E-state index < -0.39 is 71.0 Å². The average Bonchev–Trinajstić information content (AvgIpc) is 2.98. The van der Waals surface area contributed by atoms with E-state index in [4.69, 9.17) is 21.1 Å². The second-order valence-electron chi connectivity index (χ2n) is 9.30. The second kappa shape index (κ2) is 13.0. The van der Waals surface area contributed by atoms with E-state index in [0.29, 0.717) is 11.0 Å². The van der Waals surface area contributed by atoms with Crippen LogP contribution < -0.4 is 20.3 Å². The first-order valence-corrected chi connectivity index (χ1v) is 12.9. The highest BCUT2D eigenvalue weighted by Gasteiger charge is 2.50. The normalized spacial score (nSPS) is 21.7. The zero-order chi connectivity index (χ0) is 32.3. The molecule has 5 atom stereocenters. The Bertz CT molecular complexity index is 1540. The van der Waals surface area contributed by atoms with E-state index in [-0.39, 0.29) is 22.9 Å². The summed E-state index contributed by atoms with van der Waals surface area (Å²) in [5.41, 5.74) is -1.73. The number of carboxylic acid groups (broad SMARTS) is 1. The van der Waals surface area contributed by atoms with Gasteiger partial charge in [-0.3, -0.25) is 14.7 Å². The Hall–Kier alpha value is -4.48. The largest absolute Gasteiger partial charge is 0.479 e. The van der Waals surface area contributed by atoms with Gasteiger partial charge in [-0.2, -0.15) is 13.2 Å². The van der Waals surface area contributed by atoms with Crippen molar-refractivity contribution in [2.75, 3.05) is 17.3 Å². The van der Waals surface area contributed by atoms with Crippen molar-refractivity contribution in [1.29, 1.82) is 0 Å². The molecule has 1 aliphatic heterocycles. The van der Waals surface area contributed by atoms with Crippen LogP contribution in [0, 0.1) is 0 Å². The van der Waals surface area contributed by atoms with Gasteiger partial charge in [0.1, 0.15) is 35.5 Å². The van der Waals surface area contributed by atoms with Crippen LogP contribution >= 0.6 is 11.6 Å². The van der Waals surface area contributed by atoms with Crippen LogP contribution in [-0.2, 0) is 15.7 Å². The number of aliphatic carboxylic acids is 1. The first-order valence-electron chi connectivity index (χ1n) is 12.6. The van der Waals surface area contributed by atoms with E-state index in [1.807, 2.05) is 0 Å². The molecule has 13 nitrogen and oxygen atoms in total. The number of hydrogen-bond acceptors (Lipinski definition) is 9. The quantitative estimate of drug-likeness (QED) is 0.224. The van der Waals surface area contributed by atoms with E-state index in [1.54, 1.807) is 0 Å². The van der Waals surface area contributed by atoms with Crippen molar-refractivity contribution in [3.63, 3.8) is 0 Å². The van der Waals surface area contributed by atoms with Crippen LogP contribution in [0.25, 0.3) is 0 Å². The van der Waals surface area contributed by atoms with Gasteiger partial charge in [-0.05, 0) is 48.5 Å². The number of nitrogens with zero attached hydrogens (tertiary/aromatic N) is 2. The van der Waals surface area contributed by atoms with Crippen LogP contribution in [0.4, 0.5) is 29.3 Å². The third-order valence-corrected chi connectivity index (χ3v) is 6.70. The van der Waals surface area contributed by atoms with Gasteiger partial charge in [-0.1, -0.05) is 11.6 Å². The molecule has 0 unspecified atom stereocenters. The zero-order valence-electron chi connectivity index (χ0n) is 22.4. The molecule has 0 saturated carbocycles. The van der Waals surface area contributed by atoms with Gasteiger partial charge in [-0.15, -0.1) is 0 Å². The fourth-order valence-electron chi connectivity index (χ4n) is 4.19. The lowest BCUT2D eigenvalue weighted by molar-refractivity contribution is -0.225. The van der Waals surface area contributed by atoms with Crippen molar-refractivity contribution in [3.8, 4) is 11.5 Å². The number of nitrogens with one attached hydrogen (secondary N) is 2. The summed E-state index contributed by atoms with van der Waals surface area (Å²) in [4.78, 5) is 41.4. The molecule has 1 fully saturated rings. The van der Waals surface area contributed by atoms with Gasteiger partial charge >= 0.3 is 18.2 Å². The Labute approximate surface area is 251 Å². The number of benzene rings is 2. The highest BCUT2D eigenvalue weighted by Crippen LogP contribution is 2.38. The summed E-state index contributed by atoms with van der Waals surface area (Å²) in [6, 6.07) is 9.49. The second-order valence-corrected chi connectivity index (χ2v) is 9.71. The first kappa shape index (κ1) is 32.4. The summed E-state index contributed by atoms with van der Waals surface area (Å²) in [6.07, 6.45) is -14.3. The summed E-state index contributed by atoms with van der Waals surface area (Å²) in [5, 5.41) is 44.5. The molecule has 3 aromatic rings. The van der Waals surface area contributed by atoms with Gasteiger partial charge < -0.3 is 40.5 Å². The third kappa shape index (κ3) is 7.00. The Morgan fingerprint density at radius 2 is 1.66 bits per heavy atom. The van der Waals surface area contributed by atoms with E-state index in [9.17, 15) is 48.0 Å². The van der Waals surface area contributed by atoms with Crippen LogP contribution in [0.1, 0.15) is 16.1 Å². The number of carbonyl (C=O) groups is 3. The van der Waals surface area contributed by atoms with E-state index in [1.165, 1.54) is 49.6 Å². The molecule has 2 heterocycles. The monoisotopic (exact) mass is 640 g/mol. The molecule has 0 bridgehead atoms. The minimum atomic E-state index is -4.97. The highest BCUT2D eigenvalue weighted by molar-refractivity contribution is 6.31. The summed E-state index contributed by atoms with van der Waals surface area (Å²) >= 11 is 5.72. The van der Waals surface area contributed by atoms with Crippen molar-refractivity contribution in [3.05, 3.63) is 77.1 Å². The van der Waals surface area contributed by atoms with Crippen LogP contribution in [0.15, 0.2) is 60.8 Å². The smallest absolute Gasteiger partial charge is 0.417 e. The van der Waals surface area contributed by atoms with Crippen LogP contribution in [0.5, 0.6) is 11.5 Å². The van der Waals surface area contributed by atoms with Gasteiger partial charge in [0.2, 0.25) is 0 Å². The van der Waals surface area contributed by atoms with Crippen molar-refractivity contribution in [1.82, 2.24) is 10.3 Å². The summed E-state index contributed by atoms with van der Waals surface area (Å²) in [6.45, 7) is 0. The van der Waals surface area contributed by atoms with Gasteiger partial charge in [0, 0.05) is 30.7 Å². The molecule has 4 rings (SSSR count). The fourth-order valence-corrected chi connectivity index (χ4v) is 4.42. The molecule has 17 heteroatoms. The van der Waals surface area contributed by atoms with Crippen LogP contribution in [-0.4, -0.2) is 81.0 Å². The third-order valence-electron chi connectivity index (χ3n) is 6.37. The maximum absolute atomic E-state index is 13.6. The van der Waals surface area contributed by atoms with Crippen LogP contribution in [0.2, 0.25) is 5.02 Å². The summed E-state index contributed by atoms with van der Waals surface area (Å²) in [7, 11) is 1.44. The average molecular weight is 641 g/mol. The number of carbonyl (C=O) groups excluding carboxylic acids is 2. The molecule has 234 valence electrons. The number of rotatable bonds is 7. The minimum absolute atomic E-state index is 0.0683. The number of carboxylic acids is 1. The topological polar surface area (TPSA) is 191 Å². The Kier molecular flexibility index (Phi) is 9.60. The lowest BCUT2D eigenvalue weighted by Crippen LogP contribution is -2.65. The van der Waals surface area contributed by atoms with E-state index >= 15 is 0 Å². The van der Waals surface area contributed by atoms with Gasteiger partial charge in [-0.25, -0.2) is 9.59 Å². The highest BCUT2D eigenvalue weighted by atomic mass is 35.5. The maximum Gasteiger partial charge on any atom is 0.417 e. The standard InChI is InChI=1S/C27H24ClF3N4O9/c1-32-23(39)18-11-15(8-9-33-18)43-14-5-2-12(3-6-14)34-26(42)35(13-4-7-17(28)16(10-13)27(29,30)31)24-21(38)19(36)20(37)22(44-24)25(40)41/h2-11,19-22,24,36-38H,1H3,(H,32,39)(H,34,42)(H,40,41)/t19-,20+,21-,22+,24-/m1/s1. The number of pyridine rings is 1. The lowest BCUT2D eigenvalue weighted by atomic mass is 9.97. The molecule has 44 heavy (non-hydrogen) atoms. The van der Waals surface area contributed by atoms with Crippen molar-refractivity contribution < 1.29 is 57.5 Å². The molecular weight excluding hydrogens is 617 g/mol. The molecule has 1 aromatic heterocycles. The van der Waals surface area contributed by atoms with Crippen molar-refractivity contribution >= 4 is 40.9 Å². The molecule has 0 spiro atoms. The Morgan fingerprint density at radius 1 is 0.977 bits per heavy atom. The van der Waals surface area contributed by atoms with Gasteiger partial charge in [0.25, 0.3) is 5.91 Å². The maximum atomic E-state index is 13.6. The van der Waals surface area contributed by atoms with Gasteiger partial charge in [0.05, 0.1) is 10.6 Å². The van der Waals surface area contributed by atoms with Crippen molar-refractivity contribution in [2.45, 2.75) is 36.8 Å². The number of amides is 3. The van der Waals surface area contributed by atoms with E-state index in [2.05, 4.69) is 15.6 Å². The Morgan fingerprint density at radius 3 is 2.27 bits per heavy atom. The number of aliphatic hydroxyl groups excluding tert-OH is 3. The first-order chi connectivity index (χ1) is 20.7. The predicted octanol–water partition coefficient (Wildman–Crippen LogP) is 2.84. The number of aliphatic hydroxyl groups is 3. The number of alkyl halides is 3. The fraction of sp³-hybridized carbons (Fsp3) is 0.259. The summed E-state index contributed by atoms with van der Waals surface area (Å²) < 4.78 is 51.9. The predicted molar refractivity (Wildman–Crippen MR) is 146 cm³/mol. The molecule has 6 N–H and O–H groups in total. The number of ether oxygens (including phenoxy) is 2. The minimum Gasteiger partial charge on any atom is -0.479 e. The van der Waals surface area contributed by atoms with E-state index in [0.717, 1.165) is 12.1 Å². The Balaban J connectivity index is 1.64. The SMILES string of the molecule is CNC(=O)c1cc(Oc2ccc(NC(=O)N(c3ccc(Cl)c(C(F)(F)F)c3)[C@@H]3O[C@H](C(=O)O)[C@@H](O)[C@@H](O)[C@H]3O)cc2)ccn1. The molecule has 1 saturated heterocycles. The number of urea groups is 1. The number of anilines is 2. The number of halogens is 4. The number of hydrogen-bond donors (Lipinski definition) is 6. The van der Waals surface area contributed by atoms with Gasteiger partial charge in [0.15, 0.2) is 12.3 Å². The lowest BCUT2D eigenvalue weighted by Gasteiger charge is -2.43. The molecular formula is C27H24ClF3N4O9. The molecule has 1 aliphatic rings. The van der Waals surface area contributed by atoms with Crippen molar-refractivity contribution in [2.24, 2.45) is 0 Å². The molecule has 0 aliphatic carbocycles.